The number of rotatable bonds is 2. The van der Waals surface area contributed by atoms with Gasteiger partial charge in [-0.25, -0.2) is 0 Å². The number of nitriles is 1. The van der Waals surface area contributed by atoms with Crippen molar-refractivity contribution in [3.8, 4) is 11.8 Å². The molecule has 1 amide bonds. The van der Waals surface area contributed by atoms with Gasteiger partial charge in [0.2, 0.25) is 0 Å². The summed E-state index contributed by atoms with van der Waals surface area (Å²) in [7, 11) is 0. The molecule has 0 aliphatic rings. The number of amides is 1. The molecule has 2 N–H and O–H groups in total. The Bertz CT molecular complexity index is 660. The van der Waals surface area contributed by atoms with E-state index in [4.69, 9.17) is 16.9 Å². The Morgan fingerprint density at radius 1 is 1.21 bits per heavy atom. The van der Waals surface area contributed by atoms with Crippen LogP contribution in [0.5, 0.6) is 5.75 Å². The lowest BCUT2D eigenvalue weighted by molar-refractivity contribution is 0.102. The highest BCUT2D eigenvalue weighted by Gasteiger charge is 2.08. The number of nitrogens with one attached hydrogen (secondary N) is 1. The Kier molecular flexibility index (Phi) is 3.69. The van der Waals surface area contributed by atoms with E-state index in [1.54, 1.807) is 24.3 Å². The molecule has 0 fully saturated rings. The Labute approximate surface area is 114 Å². The van der Waals surface area contributed by atoms with Crippen molar-refractivity contribution >= 4 is 23.2 Å². The van der Waals surface area contributed by atoms with Crippen LogP contribution >= 0.6 is 11.6 Å². The number of carbonyl (C=O) groups is 1. The number of hydrogen-bond donors (Lipinski definition) is 2. The number of anilines is 1. The van der Waals surface area contributed by atoms with E-state index in [1.807, 2.05) is 6.07 Å². The predicted octanol–water partition coefficient (Wildman–Crippen LogP) is 3.17. The average Bonchev–Trinajstić information content (AvgIpc) is 2.42. The molecule has 0 saturated carbocycles. The monoisotopic (exact) mass is 272 g/mol. The summed E-state index contributed by atoms with van der Waals surface area (Å²) in [6.07, 6.45) is 0. The van der Waals surface area contributed by atoms with E-state index in [0.717, 1.165) is 0 Å². The molecule has 0 aliphatic heterocycles. The first kappa shape index (κ1) is 12.9. The number of halogens is 1. The van der Waals surface area contributed by atoms with Crippen molar-refractivity contribution in [3.05, 3.63) is 58.6 Å². The molecule has 5 heteroatoms. The van der Waals surface area contributed by atoms with Crippen LogP contribution in [0.3, 0.4) is 0 Å². The van der Waals surface area contributed by atoms with Crippen LogP contribution in [0.25, 0.3) is 0 Å². The molecule has 0 bridgehead atoms. The van der Waals surface area contributed by atoms with E-state index in [9.17, 15) is 9.90 Å². The van der Waals surface area contributed by atoms with Crippen molar-refractivity contribution in [2.75, 3.05) is 5.32 Å². The first-order valence-corrected chi connectivity index (χ1v) is 5.78. The van der Waals surface area contributed by atoms with Crippen molar-refractivity contribution in [1.29, 1.82) is 5.26 Å². The van der Waals surface area contributed by atoms with E-state index in [0.29, 0.717) is 16.8 Å². The molecule has 0 aliphatic carbocycles. The van der Waals surface area contributed by atoms with Crippen LogP contribution in [0, 0.1) is 11.3 Å². The Balaban J connectivity index is 2.18. The van der Waals surface area contributed by atoms with E-state index >= 15 is 0 Å². The second-order valence-electron chi connectivity index (χ2n) is 3.81. The molecule has 2 aromatic carbocycles. The summed E-state index contributed by atoms with van der Waals surface area (Å²) in [5.74, 6) is -0.307. The number of benzene rings is 2. The second kappa shape index (κ2) is 5.42. The number of hydrogen-bond acceptors (Lipinski definition) is 3. The molecule has 94 valence electrons. The third-order valence-electron chi connectivity index (χ3n) is 2.48. The third-order valence-corrected chi connectivity index (χ3v) is 2.79. The fourth-order valence-electron chi connectivity index (χ4n) is 1.50. The fraction of sp³-hybridized carbons (Fsp3) is 0. The molecular weight excluding hydrogens is 264 g/mol. The van der Waals surface area contributed by atoms with Gasteiger partial charge in [0.1, 0.15) is 5.75 Å². The molecule has 19 heavy (non-hydrogen) atoms. The first-order chi connectivity index (χ1) is 9.10. The van der Waals surface area contributed by atoms with Gasteiger partial charge in [0.05, 0.1) is 22.3 Å². The number of carbonyl (C=O) groups excluding carboxylic acids is 1. The minimum absolute atomic E-state index is 0.0290. The Hall–Kier alpha value is -2.51. The zero-order valence-corrected chi connectivity index (χ0v) is 10.5. The van der Waals surface area contributed by atoms with Gasteiger partial charge in [-0.15, -0.1) is 0 Å². The zero-order chi connectivity index (χ0) is 13.8. The number of nitrogens with zero attached hydrogens (tertiary/aromatic N) is 1. The van der Waals surface area contributed by atoms with Gasteiger partial charge in [-0.1, -0.05) is 11.6 Å². The summed E-state index contributed by atoms with van der Waals surface area (Å²) in [6.45, 7) is 0. The van der Waals surface area contributed by atoms with Crippen LogP contribution < -0.4 is 5.32 Å². The summed E-state index contributed by atoms with van der Waals surface area (Å²) >= 11 is 5.89. The normalized spacial score (nSPS) is 9.68. The minimum Gasteiger partial charge on any atom is -0.508 e. The van der Waals surface area contributed by atoms with Gasteiger partial charge in [0, 0.05) is 11.6 Å². The van der Waals surface area contributed by atoms with Crippen LogP contribution in [-0.4, -0.2) is 11.0 Å². The van der Waals surface area contributed by atoms with Gasteiger partial charge in [0.25, 0.3) is 5.91 Å². The molecule has 0 spiro atoms. The number of aromatic hydroxyl groups is 1. The van der Waals surface area contributed by atoms with E-state index < -0.39 is 0 Å². The highest BCUT2D eigenvalue weighted by atomic mass is 35.5. The van der Waals surface area contributed by atoms with Gasteiger partial charge >= 0.3 is 0 Å². The lowest BCUT2D eigenvalue weighted by Gasteiger charge is -2.07. The standard InChI is InChI=1S/C14H9ClN2O2/c15-12-7-11(18)5-6-13(12)17-14(19)10-3-1-9(8-16)2-4-10/h1-7,18H,(H,17,19). The lowest BCUT2D eigenvalue weighted by atomic mass is 10.1. The third kappa shape index (κ3) is 3.03. The summed E-state index contributed by atoms with van der Waals surface area (Å²) in [4.78, 5) is 11.9. The van der Waals surface area contributed by atoms with Crippen molar-refractivity contribution in [1.82, 2.24) is 0 Å². The van der Waals surface area contributed by atoms with Gasteiger partial charge in [-0.3, -0.25) is 4.79 Å². The van der Waals surface area contributed by atoms with E-state index in [1.165, 1.54) is 18.2 Å². The van der Waals surface area contributed by atoms with Crippen molar-refractivity contribution < 1.29 is 9.90 Å². The quantitative estimate of drug-likeness (QED) is 0.825. The summed E-state index contributed by atoms with van der Waals surface area (Å²) in [5, 5.41) is 20.8. The maximum absolute atomic E-state index is 11.9. The maximum Gasteiger partial charge on any atom is 0.255 e. The molecule has 2 aromatic rings. The van der Waals surface area contributed by atoms with Crippen molar-refractivity contribution in [2.24, 2.45) is 0 Å². The lowest BCUT2D eigenvalue weighted by Crippen LogP contribution is -2.12. The highest BCUT2D eigenvalue weighted by molar-refractivity contribution is 6.34. The zero-order valence-electron chi connectivity index (χ0n) is 9.72. The largest absolute Gasteiger partial charge is 0.508 e. The van der Waals surface area contributed by atoms with Crippen LogP contribution in [-0.2, 0) is 0 Å². The SMILES string of the molecule is N#Cc1ccc(C(=O)Nc2ccc(O)cc2Cl)cc1. The number of phenols is 1. The predicted molar refractivity (Wildman–Crippen MR) is 72.2 cm³/mol. The molecule has 0 atom stereocenters. The Morgan fingerprint density at radius 3 is 2.47 bits per heavy atom. The van der Waals surface area contributed by atoms with Crippen LogP contribution in [0.1, 0.15) is 15.9 Å². The highest BCUT2D eigenvalue weighted by Crippen LogP contribution is 2.26. The summed E-state index contributed by atoms with van der Waals surface area (Å²) < 4.78 is 0. The molecule has 0 heterocycles. The van der Waals surface area contributed by atoms with Crippen LogP contribution in [0.4, 0.5) is 5.69 Å². The molecule has 0 radical (unpaired) electrons. The molecule has 0 saturated heterocycles. The topological polar surface area (TPSA) is 73.1 Å². The van der Waals surface area contributed by atoms with Gasteiger partial charge in [0.15, 0.2) is 0 Å². The minimum atomic E-state index is -0.336. The average molecular weight is 273 g/mol. The van der Waals surface area contributed by atoms with Gasteiger partial charge in [-0.05, 0) is 36.4 Å². The van der Waals surface area contributed by atoms with Crippen molar-refractivity contribution in [2.45, 2.75) is 0 Å². The molecule has 4 nitrogen and oxygen atoms in total. The van der Waals surface area contributed by atoms with Crippen molar-refractivity contribution in [3.63, 3.8) is 0 Å². The molecule has 0 aromatic heterocycles. The maximum atomic E-state index is 11.9. The van der Waals surface area contributed by atoms with Gasteiger partial charge < -0.3 is 10.4 Å². The summed E-state index contributed by atoms with van der Waals surface area (Å²) in [5.41, 5.74) is 1.32. The molecule has 0 unspecified atom stereocenters. The molecular formula is C14H9ClN2O2. The van der Waals surface area contributed by atoms with Crippen LogP contribution in [0.2, 0.25) is 5.02 Å². The first-order valence-electron chi connectivity index (χ1n) is 5.40. The fourth-order valence-corrected chi connectivity index (χ4v) is 1.72. The Morgan fingerprint density at radius 2 is 1.89 bits per heavy atom. The molecule has 2 rings (SSSR count). The van der Waals surface area contributed by atoms with Crippen LogP contribution in [0.15, 0.2) is 42.5 Å². The van der Waals surface area contributed by atoms with E-state index in [2.05, 4.69) is 5.32 Å². The summed E-state index contributed by atoms with van der Waals surface area (Å²) in [6, 6.07) is 12.5. The van der Waals surface area contributed by atoms with Gasteiger partial charge in [-0.2, -0.15) is 5.26 Å². The second-order valence-corrected chi connectivity index (χ2v) is 4.21. The smallest absolute Gasteiger partial charge is 0.255 e. The van der Waals surface area contributed by atoms with E-state index in [-0.39, 0.29) is 16.7 Å². The number of phenolic OH excluding ortho intramolecular Hbond substituents is 1.